The largest absolute Gasteiger partial charge is 0.387 e. The summed E-state index contributed by atoms with van der Waals surface area (Å²) >= 11 is 0. The maximum Gasteiger partial charge on any atom is 0.269 e. The van der Waals surface area contributed by atoms with Gasteiger partial charge in [-0.2, -0.15) is 0 Å². The SMILES string of the molecule is CCN(CC(O)c1ccc(C)cc1)CC(O)c1cccc([N+](=O)[O-])c1. The number of nitro groups is 1. The highest BCUT2D eigenvalue weighted by atomic mass is 16.6. The molecule has 2 N–H and O–H groups in total. The Morgan fingerprint density at radius 2 is 1.64 bits per heavy atom. The highest BCUT2D eigenvalue weighted by molar-refractivity contribution is 5.35. The van der Waals surface area contributed by atoms with Gasteiger partial charge in [0.15, 0.2) is 0 Å². The van der Waals surface area contributed by atoms with Crippen LogP contribution in [0.5, 0.6) is 0 Å². The molecule has 2 aromatic carbocycles. The Morgan fingerprint density at radius 3 is 2.20 bits per heavy atom. The smallest absolute Gasteiger partial charge is 0.269 e. The summed E-state index contributed by atoms with van der Waals surface area (Å²) in [5.74, 6) is 0. The van der Waals surface area contributed by atoms with Crippen LogP contribution < -0.4 is 0 Å². The van der Waals surface area contributed by atoms with Crippen LogP contribution in [0.1, 0.15) is 35.8 Å². The van der Waals surface area contributed by atoms with Gasteiger partial charge in [0.25, 0.3) is 5.69 Å². The Morgan fingerprint density at radius 1 is 1.04 bits per heavy atom. The molecule has 0 aliphatic rings. The molecule has 0 fully saturated rings. The van der Waals surface area contributed by atoms with Crippen molar-refractivity contribution in [2.75, 3.05) is 19.6 Å². The van der Waals surface area contributed by atoms with Crippen LogP contribution in [0.2, 0.25) is 0 Å². The van der Waals surface area contributed by atoms with E-state index < -0.39 is 17.1 Å². The highest BCUT2D eigenvalue weighted by Crippen LogP contribution is 2.21. The summed E-state index contributed by atoms with van der Waals surface area (Å²) in [5.41, 5.74) is 2.41. The number of benzene rings is 2. The van der Waals surface area contributed by atoms with Gasteiger partial charge in [0.2, 0.25) is 0 Å². The summed E-state index contributed by atoms with van der Waals surface area (Å²) in [4.78, 5) is 12.3. The maximum atomic E-state index is 10.9. The molecule has 0 spiro atoms. The van der Waals surface area contributed by atoms with Gasteiger partial charge in [0, 0.05) is 25.2 Å². The van der Waals surface area contributed by atoms with Gasteiger partial charge in [-0.15, -0.1) is 0 Å². The van der Waals surface area contributed by atoms with Crippen molar-refractivity contribution in [3.05, 3.63) is 75.3 Å². The summed E-state index contributed by atoms with van der Waals surface area (Å²) < 4.78 is 0. The van der Waals surface area contributed by atoms with Gasteiger partial charge in [-0.3, -0.25) is 15.0 Å². The Labute approximate surface area is 147 Å². The minimum absolute atomic E-state index is 0.0423. The van der Waals surface area contributed by atoms with Gasteiger partial charge >= 0.3 is 0 Å². The first kappa shape index (κ1) is 19.1. The molecule has 0 bridgehead atoms. The van der Waals surface area contributed by atoms with Gasteiger partial charge in [0.1, 0.15) is 0 Å². The third kappa shape index (κ3) is 5.35. The van der Waals surface area contributed by atoms with Gasteiger partial charge in [0.05, 0.1) is 17.1 Å². The zero-order valence-corrected chi connectivity index (χ0v) is 14.5. The Bertz CT molecular complexity index is 703. The molecule has 0 saturated carbocycles. The van der Waals surface area contributed by atoms with Crippen LogP contribution in [0.25, 0.3) is 0 Å². The van der Waals surface area contributed by atoms with Crippen LogP contribution >= 0.6 is 0 Å². The van der Waals surface area contributed by atoms with Crippen molar-refractivity contribution < 1.29 is 15.1 Å². The molecule has 0 heterocycles. The van der Waals surface area contributed by atoms with Crippen LogP contribution in [0.4, 0.5) is 5.69 Å². The van der Waals surface area contributed by atoms with E-state index in [1.807, 2.05) is 43.0 Å². The minimum atomic E-state index is -0.856. The fourth-order valence-electron chi connectivity index (χ4n) is 2.67. The third-order valence-electron chi connectivity index (χ3n) is 4.24. The molecule has 2 unspecified atom stereocenters. The first-order chi connectivity index (χ1) is 11.9. The second-order valence-corrected chi connectivity index (χ2v) is 6.15. The molecule has 0 radical (unpaired) electrons. The number of hydrogen-bond donors (Lipinski definition) is 2. The second-order valence-electron chi connectivity index (χ2n) is 6.15. The zero-order valence-electron chi connectivity index (χ0n) is 14.5. The monoisotopic (exact) mass is 344 g/mol. The minimum Gasteiger partial charge on any atom is -0.387 e. The lowest BCUT2D eigenvalue weighted by atomic mass is 10.1. The quantitative estimate of drug-likeness (QED) is 0.568. The third-order valence-corrected chi connectivity index (χ3v) is 4.24. The number of aliphatic hydroxyl groups excluding tert-OH is 2. The van der Waals surface area contributed by atoms with Crippen LogP contribution in [0, 0.1) is 17.0 Å². The Kier molecular flexibility index (Phi) is 6.64. The van der Waals surface area contributed by atoms with Crippen LogP contribution in [-0.4, -0.2) is 39.7 Å². The average Bonchev–Trinajstić information content (AvgIpc) is 2.61. The van der Waals surface area contributed by atoms with Crippen LogP contribution in [0.15, 0.2) is 48.5 Å². The van der Waals surface area contributed by atoms with Gasteiger partial charge < -0.3 is 10.2 Å². The van der Waals surface area contributed by atoms with Gasteiger partial charge in [-0.25, -0.2) is 0 Å². The van der Waals surface area contributed by atoms with Crippen molar-refractivity contribution in [3.63, 3.8) is 0 Å². The number of aryl methyl sites for hydroxylation is 1. The van der Waals surface area contributed by atoms with E-state index in [1.165, 1.54) is 12.1 Å². The molecule has 0 amide bonds. The maximum absolute atomic E-state index is 10.9. The number of rotatable bonds is 8. The molecular weight excluding hydrogens is 320 g/mol. The number of aliphatic hydroxyl groups is 2. The Balaban J connectivity index is 2.02. The predicted octanol–water partition coefficient (Wildman–Crippen LogP) is 2.99. The molecule has 25 heavy (non-hydrogen) atoms. The van der Waals surface area contributed by atoms with E-state index in [-0.39, 0.29) is 5.69 Å². The summed E-state index contributed by atoms with van der Waals surface area (Å²) in [7, 11) is 0. The molecule has 0 saturated heterocycles. The Hall–Kier alpha value is -2.28. The standard InChI is InChI=1S/C19H24N2O4/c1-3-20(12-18(22)15-9-7-14(2)8-10-15)13-19(23)16-5-4-6-17(11-16)21(24)25/h4-11,18-19,22-23H,3,12-13H2,1-2H3. The molecule has 6 heteroatoms. The van der Waals surface area contributed by atoms with E-state index in [9.17, 15) is 20.3 Å². The molecule has 6 nitrogen and oxygen atoms in total. The molecule has 0 aliphatic heterocycles. The lowest BCUT2D eigenvalue weighted by molar-refractivity contribution is -0.385. The first-order valence-corrected chi connectivity index (χ1v) is 8.30. The van der Waals surface area contributed by atoms with E-state index in [2.05, 4.69) is 0 Å². The molecule has 134 valence electrons. The fraction of sp³-hybridized carbons (Fsp3) is 0.368. The lowest BCUT2D eigenvalue weighted by Gasteiger charge is -2.26. The van der Waals surface area contributed by atoms with Crippen molar-refractivity contribution in [2.45, 2.75) is 26.1 Å². The van der Waals surface area contributed by atoms with Gasteiger partial charge in [-0.1, -0.05) is 48.9 Å². The van der Waals surface area contributed by atoms with E-state index >= 15 is 0 Å². The van der Waals surface area contributed by atoms with E-state index in [0.717, 1.165) is 11.1 Å². The lowest BCUT2D eigenvalue weighted by Crippen LogP contribution is -2.32. The molecule has 2 rings (SSSR count). The molecule has 2 aromatic rings. The van der Waals surface area contributed by atoms with Gasteiger partial charge in [-0.05, 0) is 24.6 Å². The predicted molar refractivity (Wildman–Crippen MR) is 96.3 cm³/mol. The number of nitrogens with zero attached hydrogens (tertiary/aromatic N) is 2. The number of hydrogen-bond acceptors (Lipinski definition) is 5. The molecule has 0 aromatic heterocycles. The first-order valence-electron chi connectivity index (χ1n) is 8.30. The van der Waals surface area contributed by atoms with E-state index in [1.54, 1.807) is 12.1 Å². The average molecular weight is 344 g/mol. The van der Waals surface area contributed by atoms with Crippen LogP contribution in [-0.2, 0) is 0 Å². The zero-order chi connectivity index (χ0) is 18.4. The topological polar surface area (TPSA) is 86.8 Å². The number of nitro benzene ring substituents is 1. The van der Waals surface area contributed by atoms with E-state index in [4.69, 9.17) is 0 Å². The van der Waals surface area contributed by atoms with E-state index in [0.29, 0.717) is 25.2 Å². The summed E-state index contributed by atoms with van der Waals surface area (Å²) in [5, 5.41) is 31.7. The summed E-state index contributed by atoms with van der Waals surface area (Å²) in [6.07, 6.45) is -1.51. The normalized spacial score (nSPS) is 13.6. The summed E-state index contributed by atoms with van der Waals surface area (Å²) in [6, 6.07) is 13.7. The van der Waals surface area contributed by atoms with Crippen molar-refractivity contribution in [2.24, 2.45) is 0 Å². The number of non-ortho nitro benzene ring substituents is 1. The van der Waals surface area contributed by atoms with Crippen molar-refractivity contribution in [1.29, 1.82) is 0 Å². The van der Waals surface area contributed by atoms with Crippen LogP contribution in [0.3, 0.4) is 0 Å². The second kappa shape index (κ2) is 8.71. The molecular formula is C19H24N2O4. The van der Waals surface area contributed by atoms with Crippen molar-refractivity contribution in [3.8, 4) is 0 Å². The fourth-order valence-corrected chi connectivity index (χ4v) is 2.67. The van der Waals surface area contributed by atoms with Crippen molar-refractivity contribution >= 4 is 5.69 Å². The molecule has 0 aliphatic carbocycles. The summed E-state index contributed by atoms with van der Waals surface area (Å²) in [6.45, 7) is 5.26. The van der Waals surface area contributed by atoms with Crippen molar-refractivity contribution in [1.82, 2.24) is 4.90 Å². The highest BCUT2D eigenvalue weighted by Gasteiger charge is 2.18. The molecule has 2 atom stereocenters. The number of likely N-dealkylation sites (N-methyl/N-ethyl adjacent to an activating group) is 1.